The Morgan fingerprint density at radius 3 is 1.94 bits per heavy atom. The molecule has 0 radical (unpaired) electrons. The number of hydrogen-bond donors (Lipinski definition) is 0. The summed E-state index contributed by atoms with van der Waals surface area (Å²) in [5.74, 6) is 1.34. The van der Waals surface area contributed by atoms with Gasteiger partial charge in [0, 0.05) is 35.5 Å². The Kier molecular flexibility index (Phi) is 4.26. The second-order valence-corrected chi connectivity index (χ2v) is 14.7. The zero-order chi connectivity index (χ0) is 23.0. The summed E-state index contributed by atoms with van der Waals surface area (Å²) in [6.45, 7) is 14.7. The highest BCUT2D eigenvalue weighted by atomic mass is 16.7. The summed E-state index contributed by atoms with van der Waals surface area (Å²) in [6, 6.07) is 0. The van der Waals surface area contributed by atoms with Gasteiger partial charge in [0.15, 0.2) is 11.6 Å². The molecule has 5 heteroatoms. The highest BCUT2D eigenvalue weighted by Gasteiger charge is 2.81. The van der Waals surface area contributed by atoms with Gasteiger partial charge in [0.2, 0.25) is 0 Å². The van der Waals surface area contributed by atoms with Crippen LogP contribution in [0.4, 0.5) is 0 Å². The highest BCUT2D eigenvalue weighted by Crippen LogP contribution is 2.76. The molecule has 6 atom stereocenters. The van der Waals surface area contributed by atoms with E-state index in [1.807, 2.05) is 0 Å². The topological polar surface area (TPSA) is 49.5 Å². The van der Waals surface area contributed by atoms with Crippen LogP contribution >= 0.6 is 0 Å². The number of hydrogen-bond acceptors (Lipinski definition) is 5. The predicted octanol–water partition coefficient (Wildman–Crippen LogP) is 5.45. The molecule has 2 spiro atoms. The van der Waals surface area contributed by atoms with Crippen molar-refractivity contribution in [3.8, 4) is 0 Å². The molecule has 0 amide bonds. The van der Waals surface area contributed by atoms with E-state index in [9.17, 15) is 0 Å². The third-order valence-corrected chi connectivity index (χ3v) is 11.3. The average Bonchev–Trinajstić information content (AvgIpc) is 3.37. The minimum atomic E-state index is -0.403. The summed E-state index contributed by atoms with van der Waals surface area (Å²) in [6.07, 6.45) is 10.2. The lowest BCUT2D eigenvalue weighted by molar-refractivity contribution is -0.347. The van der Waals surface area contributed by atoms with Gasteiger partial charge in [-0.1, -0.05) is 34.6 Å². The Morgan fingerprint density at radius 1 is 0.606 bits per heavy atom. The summed E-state index contributed by atoms with van der Waals surface area (Å²) in [5.41, 5.74) is 0.449. The molecule has 0 aromatic rings. The van der Waals surface area contributed by atoms with Gasteiger partial charge in [-0.05, 0) is 56.3 Å². The Balaban J connectivity index is 1.11. The van der Waals surface area contributed by atoms with Crippen LogP contribution in [-0.4, -0.2) is 49.2 Å². The van der Waals surface area contributed by atoms with Crippen LogP contribution < -0.4 is 0 Å². The lowest BCUT2D eigenvalue weighted by Crippen LogP contribution is -2.61. The minimum Gasteiger partial charge on any atom is -0.362 e. The Morgan fingerprint density at radius 2 is 1.24 bits per heavy atom. The quantitative estimate of drug-likeness (QED) is 0.450. The van der Waals surface area contributed by atoms with Crippen molar-refractivity contribution >= 4 is 0 Å². The molecule has 33 heavy (non-hydrogen) atoms. The maximum absolute atomic E-state index is 6.89. The molecule has 0 aromatic carbocycles. The van der Waals surface area contributed by atoms with Gasteiger partial charge < -0.3 is 23.7 Å². The molecule has 7 fully saturated rings. The Bertz CT molecular complexity index is 831. The van der Waals surface area contributed by atoms with Crippen molar-refractivity contribution in [2.75, 3.05) is 26.4 Å². The van der Waals surface area contributed by atoms with Crippen molar-refractivity contribution < 1.29 is 23.7 Å². The molecule has 0 aromatic heterocycles. The first-order valence-corrected chi connectivity index (χ1v) is 13.7. The fourth-order valence-electron chi connectivity index (χ4n) is 9.43. The van der Waals surface area contributed by atoms with Crippen LogP contribution in [0.15, 0.2) is 0 Å². The van der Waals surface area contributed by atoms with Gasteiger partial charge in [0.05, 0.1) is 26.4 Å². The van der Waals surface area contributed by atoms with Gasteiger partial charge in [0.1, 0.15) is 11.2 Å². The molecule has 5 nitrogen and oxygen atoms in total. The van der Waals surface area contributed by atoms with E-state index in [1.165, 1.54) is 32.1 Å². The molecule has 0 bridgehead atoms. The van der Waals surface area contributed by atoms with Crippen molar-refractivity contribution in [2.45, 2.75) is 115 Å². The highest BCUT2D eigenvalue weighted by molar-refractivity contribution is 5.28. The molecule has 3 heterocycles. The summed E-state index contributed by atoms with van der Waals surface area (Å²) in [5, 5.41) is 0. The van der Waals surface area contributed by atoms with E-state index in [0.717, 1.165) is 58.0 Å². The van der Waals surface area contributed by atoms with Gasteiger partial charge in [-0.2, -0.15) is 0 Å². The first-order chi connectivity index (χ1) is 15.5. The molecule has 0 N–H and O–H groups in total. The largest absolute Gasteiger partial charge is 0.362 e. The average molecular weight is 461 g/mol. The van der Waals surface area contributed by atoms with Crippen molar-refractivity contribution in [3.05, 3.63) is 0 Å². The zero-order valence-electron chi connectivity index (χ0n) is 21.5. The van der Waals surface area contributed by atoms with E-state index in [1.54, 1.807) is 0 Å². The summed E-state index contributed by atoms with van der Waals surface area (Å²) in [7, 11) is 0. The van der Waals surface area contributed by atoms with Crippen LogP contribution in [0.1, 0.15) is 92.4 Å². The maximum atomic E-state index is 6.89. The number of fused-ring (bicyclic) bond motifs is 4. The fraction of sp³-hybridized carbons (Fsp3) is 1.00. The molecular formula is C28H44O5. The van der Waals surface area contributed by atoms with Crippen molar-refractivity contribution in [1.29, 1.82) is 0 Å². The smallest absolute Gasteiger partial charge is 0.173 e. The van der Waals surface area contributed by atoms with Crippen LogP contribution in [0.2, 0.25) is 0 Å². The third kappa shape index (κ3) is 2.78. The molecular weight excluding hydrogens is 416 g/mol. The molecule has 186 valence electrons. The van der Waals surface area contributed by atoms with Crippen LogP contribution in [0.25, 0.3) is 0 Å². The zero-order valence-corrected chi connectivity index (χ0v) is 21.5. The van der Waals surface area contributed by atoms with Gasteiger partial charge in [-0.15, -0.1) is 0 Å². The predicted molar refractivity (Wildman–Crippen MR) is 124 cm³/mol. The van der Waals surface area contributed by atoms with E-state index in [2.05, 4.69) is 34.6 Å². The second-order valence-electron chi connectivity index (χ2n) is 14.7. The first-order valence-electron chi connectivity index (χ1n) is 13.7. The summed E-state index contributed by atoms with van der Waals surface area (Å²) in [4.78, 5) is 0. The van der Waals surface area contributed by atoms with Crippen LogP contribution in [0.3, 0.4) is 0 Å². The molecule has 7 rings (SSSR count). The van der Waals surface area contributed by atoms with Crippen LogP contribution in [0, 0.1) is 34.0 Å². The van der Waals surface area contributed by atoms with Gasteiger partial charge in [0.25, 0.3) is 0 Å². The molecule has 4 aliphatic carbocycles. The van der Waals surface area contributed by atoms with E-state index >= 15 is 0 Å². The van der Waals surface area contributed by atoms with Crippen LogP contribution in [-0.2, 0) is 23.7 Å². The maximum Gasteiger partial charge on any atom is 0.173 e. The van der Waals surface area contributed by atoms with Crippen molar-refractivity contribution in [1.82, 2.24) is 0 Å². The lowest BCUT2D eigenvalue weighted by atomic mass is 9.49. The van der Waals surface area contributed by atoms with E-state index in [-0.39, 0.29) is 33.2 Å². The molecule has 3 aliphatic heterocycles. The van der Waals surface area contributed by atoms with Crippen LogP contribution in [0.5, 0.6) is 0 Å². The molecule has 4 saturated carbocycles. The monoisotopic (exact) mass is 460 g/mol. The lowest BCUT2D eigenvalue weighted by Gasteiger charge is -2.58. The van der Waals surface area contributed by atoms with Crippen molar-refractivity contribution in [2.24, 2.45) is 34.0 Å². The molecule has 0 unspecified atom stereocenters. The van der Waals surface area contributed by atoms with Crippen molar-refractivity contribution in [3.63, 3.8) is 0 Å². The van der Waals surface area contributed by atoms with Gasteiger partial charge in [-0.3, -0.25) is 0 Å². The Labute approximate surface area is 199 Å². The van der Waals surface area contributed by atoms with E-state index < -0.39 is 5.79 Å². The fourth-order valence-corrected chi connectivity index (χ4v) is 9.43. The summed E-state index contributed by atoms with van der Waals surface area (Å²) >= 11 is 0. The first kappa shape index (κ1) is 22.0. The molecule has 3 saturated heterocycles. The SMILES string of the molecule is CC1(C)COC2(CC[C@@]34O[C@@]3(CC[C@H]3[C@@H]5CCC6(OCC(C)(C)CO6)[C@@]5(C)CC[C@@H]34)C2)OC1. The normalized spacial score (nSPS) is 52.5. The number of rotatable bonds is 0. The number of epoxide rings is 1. The van der Waals surface area contributed by atoms with E-state index in [4.69, 9.17) is 23.7 Å². The summed E-state index contributed by atoms with van der Waals surface area (Å²) < 4.78 is 33.0. The van der Waals surface area contributed by atoms with Gasteiger partial charge >= 0.3 is 0 Å². The second kappa shape index (κ2) is 6.37. The van der Waals surface area contributed by atoms with Gasteiger partial charge in [-0.25, -0.2) is 0 Å². The third-order valence-electron chi connectivity index (χ3n) is 11.3. The molecule has 7 aliphatic rings. The Hall–Kier alpha value is -0.200. The van der Waals surface area contributed by atoms with E-state index in [0.29, 0.717) is 11.8 Å². The standard InChI is InChI=1S/C28H44O5/c1-22(2)15-29-26(30-16-22)12-13-27-21-7-9-24(5)20(19(21)6-10-25(27,14-26)33-27)8-11-28(24)31-17-23(3,4)18-32-28/h19-21H,6-18H2,1-5H3/t19-,20-,21-,24-,25-,27-/m0/s1. The number of ether oxygens (including phenoxy) is 5. The minimum absolute atomic E-state index is 0.000203.